The van der Waals surface area contributed by atoms with E-state index in [0.29, 0.717) is 28.4 Å². The van der Waals surface area contributed by atoms with Crippen LogP contribution in [-0.4, -0.2) is 42.0 Å². The number of para-hydroxylation sites is 2. The van der Waals surface area contributed by atoms with Crippen LogP contribution in [0.15, 0.2) is 79.0 Å². The summed E-state index contributed by atoms with van der Waals surface area (Å²) in [5.41, 5.74) is 3.43. The predicted molar refractivity (Wildman–Crippen MR) is 137 cm³/mol. The zero-order chi connectivity index (χ0) is 25.7. The van der Waals surface area contributed by atoms with Crippen LogP contribution in [0, 0.1) is 6.92 Å². The number of esters is 1. The quantitative estimate of drug-likeness (QED) is 0.351. The Bertz CT molecular complexity index is 1380. The van der Waals surface area contributed by atoms with Crippen molar-refractivity contribution in [2.45, 2.75) is 20.0 Å². The van der Waals surface area contributed by atoms with E-state index in [9.17, 15) is 9.59 Å². The van der Waals surface area contributed by atoms with Crippen LogP contribution in [0.1, 0.15) is 22.8 Å². The van der Waals surface area contributed by atoms with E-state index < -0.39 is 18.0 Å². The van der Waals surface area contributed by atoms with Crippen molar-refractivity contribution >= 4 is 17.6 Å². The molecule has 1 aromatic heterocycles. The molecule has 4 aromatic rings. The van der Waals surface area contributed by atoms with Gasteiger partial charge >= 0.3 is 5.97 Å². The van der Waals surface area contributed by atoms with Crippen molar-refractivity contribution in [1.29, 1.82) is 0 Å². The molecule has 1 unspecified atom stereocenters. The number of ether oxygens (including phenoxy) is 3. The largest absolute Gasteiger partial charge is 0.496 e. The summed E-state index contributed by atoms with van der Waals surface area (Å²) in [6.07, 6.45) is 0.515. The van der Waals surface area contributed by atoms with E-state index in [1.807, 2.05) is 61.5 Å². The molecule has 0 spiro atoms. The third-order valence-electron chi connectivity index (χ3n) is 5.58. The lowest BCUT2D eigenvalue weighted by atomic mass is 10.1. The lowest BCUT2D eigenvalue weighted by molar-refractivity contribution is -0.123. The highest BCUT2D eigenvalue weighted by atomic mass is 16.5. The molecule has 1 N–H and O–H groups in total. The van der Waals surface area contributed by atoms with Crippen LogP contribution in [0.4, 0.5) is 5.69 Å². The standard InChI is InChI=1S/C28H27N3O5/c1-18-14-15-25(35-4)23(16-18)29-27(32)19(2)36-28(33)22-17-31(20-10-6-5-7-11-20)30-26(22)21-12-8-9-13-24(21)34-3/h5-17,19H,1-4H3,(H,29,32). The Labute approximate surface area is 209 Å². The van der Waals surface area contributed by atoms with Crippen molar-refractivity contribution in [3.8, 4) is 28.4 Å². The summed E-state index contributed by atoms with van der Waals surface area (Å²) in [4.78, 5) is 26.2. The van der Waals surface area contributed by atoms with Gasteiger partial charge in [0, 0.05) is 11.8 Å². The first-order chi connectivity index (χ1) is 17.4. The highest BCUT2D eigenvalue weighted by molar-refractivity contribution is 6.00. The summed E-state index contributed by atoms with van der Waals surface area (Å²) in [5, 5.41) is 7.42. The molecule has 0 radical (unpaired) electrons. The van der Waals surface area contributed by atoms with Crippen LogP contribution in [0.2, 0.25) is 0 Å². The number of carbonyl (C=O) groups excluding carboxylic acids is 2. The van der Waals surface area contributed by atoms with Crippen LogP contribution in [-0.2, 0) is 9.53 Å². The Balaban J connectivity index is 1.63. The molecule has 4 rings (SSSR count). The van der Waals surface area contributed by atoms with Crippen molar-refractivity contribution in [2.75, 3.05) is 19.5 Å². The molecule has 8 heteroatoms. The van der Waals surface area contributed by atoms with Crippen LogP contribution in [0.25, 0.3) is 16.9 Å². The lowest BCUT2D eigenvalue weighted by Gasteiger charge is -2.16. The Morgan fingerprint density at radius 2 is 1.61 bits per heavy atom. The Hall–Kier alpha value is -4.59. The fourth-order valence-electron chi connectivity index (χ4n) is 3.71. The number of aromatic nitrogens is 2. The number of anilines is 1. The maximum absolute atomic E-state index is 13.3. The average Bonchev–Trinajstić information content (AvgIpc) is 3.35. The minimum Gasteiger partial charge on any atom is -0.496 e. The van der Waals surface area contributed by atoms with Gasteiger partial charge in [-0.05, 0) is 55.8 Å². The molecule has 0 saturated heterocycles. The van der Waals surface area contributed by atoms with E-state index in [1.54, 1.807) is 36.2 Å². The van der Waals surface area contributed by atoms with Gasteiger partial charge in [0.15, 0.2) is 6.10 Å². The molecule has 36 heavy (non-hydrogen) atoms. The maximum atomic E-state index is 13.3. The van der Waals surface area contributed by atoms with Gasteiger partial charge < -0.3 is 19.5 Å². The van der Waals surface area contributed by atoms with Gasteiger partial charge in [-0.15, -0.1) is 0 Å². The van der Waals surface area contributed by atoms with Gasteiger partial charge in [0.05, 0.1) is 25.6 Å². The molecule has 0 aliphatic heterocycles. The third kappa shape index (κ3) is 5.22. The van der Waals surface area contributed by atoms with Crippen LogP contribution >= 0.6 is 0 Å². The number of rotatable bonds is 8. The monoisotopic (exact) mass is 485 g/mol. The number of nitrogens with one attached hydrogen (secondary N) is 1. The summed E-state index contributed by atoms with van der Waals surface area (Å²) in [5.74, 6) is -0.101. The second kappa shape index (κ2) is 10.8. The first kappa shape index (κ1) is 24.5. The first-order valence-corrected chi connectivity index (χ1v) is 11.4. The summed E-state index contributed by atoms with van der Waals surface area (Å²) in [6.45, 7) is 3.42. The van der Waals surface area contributed by atoms with Gasteiger partial charge in [0.1, 0.15) is 22.8 Å². The molecule has 184 valence electrons. The topological polar surface area (TPSA) is 91.7 Å². The number of carbonyl (C=O) groups is 2. The number of amides is 1. The minimum atomic E-state index is -1.08. The van der Waals surface area contributed by atoms with Crippen molar-refractivity contribution in [3.63, 3.8) is 0 Å². The summed E-state index contributed by atoms with van der Waals surface area (Å²) < 4.78 is 18.0. The highest BCUT2D eigenvalue weighted by Gasteiger charge is 2.26. The second-order valence-electron chi connectivity index (χ2n) is 8.11. The Morgan fingerprint density at radius 3 is 2.33 bits per heavy atom. The van der Waals surface area contributed by atoms with E-state index in [2.05, 4.69) is 10.4 Å². The number of aryl methyl sites for hydroxylation is 1. The summed E-state index contributed by atoms with van der Waals surface area (Å²) >= 11 is 0. The molecule has 0 aliphatic carbocycles. The van der Waals surface area contributed by atoms with E-state index in [4.69, 9.17) is 14.2 Å². The van der Waals surface area contributed by atoms with E-state index >= 15 is 0 Å². The van der Waals surface area contributed by atoms with E-state index in [1.165, 1.54) is 14.0 Å². The molecule has 0 fully saturated rings. The molecule has 3 aromatic carbocycles. The highest BCUT2D eigenvalue weighted by Crippen LogP contribution is 2.32. The van der Waals surface area contributed by atoms with Gasteiger partial charge in [-0.25, -0.2) is 9.48 Å². The Morgan fingerprint density at radius 1 is 0.917 bits per heavy atom. The minimum absolute atomic E-state index is 0.205. The number of methoxy groups -OCH3 is 2. The van der Waals surface area contributed by atoms with Crippen LogP contribution in [0.3, 0.4) is 0 Å². The second-order valence-corrected chi connectivity index (χ2v) is 8.11. The molecule has 0 bridgehead atoms. The Kier molecular flexibility index (Phi) is 7.34. The van der Waals surface area contributed by atoms with Crippen molar-refractivity contribution in [2.24, 2.45) is 0 Å². The predicted octanol–water partition coefficient (Wildman–Crippen LogP) is 5.05. The normalized spacial score (nSPS) is 11.4. The van der Waals surface area contributed by atoms with Crippen molar-refractivity contribution in [1.82, 2.24) is 9.78 Å². The van der Waals surface area contributed by atoms with E-state index in [0.717, 1.165) is 11.3 Å². The average molecular weight is 486 g/mol. The fourth-order valence-corrected chi connectivity index (χ4v) is 3.71. The molecule has 0 saturated carbocycles. The molecule has 1 heterocycles. The van der Waals surface area contributed by atoms with Gasteiger partial charge in [-0.1, -0.05) is 36.4 Å². The third-order valence-corrected chi connectivity index (χ3v) is 5.58. The SMILES string of the molecule is COc1ccc(C)cc1NC(=O)C(C)OC(=O)c1cn(-c2ccccc2)nc1-c1ccccc1OC. The lowest BCUT2D eigenvalue weighted by Crippen LogP contribution is -2.30. The first-order valence-electron chi connectivity index (χ1n) is 11.4. The molecular formula is C28H27N3O5. The summed E-state index contributed by atoms with van der Waals surface area (Å²) in [7, 11) is 3.07. The van der Waals surface area contributed by atoms with E-state index in [-0.39, 0.29) is 5.56 Å². The number of hydrogen-bond donors (Lipinski definition) is 1. The smallest absolute Gasteiger partial charge is 0.342 e. The van der Waals surface area contributed by atoms with Crippen LogP contribution in [0.5, 0.6) is 11.5 Å². The van der Waals surface area contributed by atoms with Crippen molar-refractivity contribution < 1.29 is 23.8 Å². The summed E-state index contributed by atoms with van der Waals surface area (Å²) in [6, 6.07) is 22.1. The molecule has 0 aliphatic rings. The molecular weight excluding hydrogens is 458 g/mol. The number of nitrogens with zero attached hydrogens (tertiary/aromatic N) is 2. The molecule has 8 nitrogen and oxygen atoms in total. The zero-order valence-electron chi connectivity index (χ0n) is 20.5. The zero-order valence-corrected chi connectivity index (χ0v) is 20.5. The number of benzene rings is 3. The van der Waals surface area contributed by atoms with Gasteiger partial charge in [0.25, 0.3) is 5.91 Å². The van der Waals surface area contributed by atoms with Gasteiger partial charge in [0.2, 0.25) is 0 Å². The fraction of sp³-hybridized carbons (Fsp3) is 0.179. The van der Waals surface area contributed by atoms with Crippen molar-refractivity contribution in [3.05, 3.63) is 90.1 Å². The molecule has 1 atom stereocenters. The van der Waals surface area contributed by atoms with Gasteiger partial charge in [-0.2, -0.15) is 5.10 Å². The van der Waals surface area contributed by atoms with Gasteiger partial charge in [-0.3, -0.25) is 4.79 Å². The number of hydrogen-bond acceptors (Lipinski definition) is 6. The molecule has 1 amide bonds. The maximum Gasteiger partial charge on any atom is 0.342 e. The van der Waals surface area contributed by atoms with Crippen LogP contribution < -0.4 is 14.8 Å².